The molecule has 3 heteroatoms. The molecule has 1 heterocycles. The second kappa shape index (κ2) is 3.07. The van der Waals surface area contributed by atoms with Gasteiger partial charge < -0.3 is 0 Å². The smallest absolute Gasteiger partial charge is 0.0827 e. The van der Waals surface area contributed by atoms with Crippen molar-refractivity contribution < 1.29 is 0 Å². The molecule has 1 aromatic heterocycles. The number of hydrogen-bond donors (Lipinski definition) is 1. The molecule has 2 nitrogen and oxygen atoms in total. The van der Waals surface area contributed by atoms with E-state index in [2.05, 4.69) is 29.9 Å². The Hall–Kier alpha value is -0.960. The Labute approximate surface area is 83.0 Å². The van der Waals surface area contributed by atoms with E-state index in [0.29, 0.717) is 0 Å². The lowest BCUT2D eigenvalue weighted by atomic mass is 10.2. The lowest BCUT2D eigenvalue weighted by molar-refractivity contribution is 0.768. The number of aromatic nitrogens is 2. The van der Waals surface area contributed by atoms with E-state index < -0.39 is 0 Å². The number of fused-ring (bicyclic) bond motifs is 1. The van der Waals surface area contributed by atoms with E-state index in [0.717, 1.165) is 5.69 Å². The van der Waals surface area contributed by atoms with Gasteiger partial charge in [-0.25, -0.2) is 0 Å². The average molecular weight is 192 g/mol. The van der Waals surface area contributed by atoms with E-state index in [4.69, 9.17) is 0 Å². The predicted octanol–water partition coefficient (Wildman–Crippen LogP) is 2.56. The molecule has 68 valence electrons. The van der Waals surface area contributed by atoms with E-state index in [1.165, 1.54) is 10.9 Å². The van der Waals surface area contributed by atoms with Gasteiger partial charge in [0.2, 0.25) is 0 Å². The lowest BCUT2D eigenvalue weighted by Crippen LogP contribution is -1.91. The number of hydrogen-bond acceptors (Lipinski definition) is 2. The first-order chi connectivity index (χ1) is 6.20. The molecule has 0 amide bonds. The van der Waals surface area contributed by atoms with Gasteiger partial charge in [-0.3, -0.25) is 4.68 Å². The average Bonchev–Trinajstić information content (AvgIpc) is 2.45. The van der Waals surface area contributed by atoms with Crippen molar-refractivity contribution in [3.63, 3.8) is 0 Å². The summed E-state index contributed by atoms with van der Waals surface area (Å²) in [5.41, 5.74) is 2.22. The highest BCUT2D eigenvalue weighted by molar-refractivity contribution is 7.80. The van der Waals surface area contributed by atoms with Crippen molar-refractivity contribution in [3.05, 3.63) is 30.0 Å². The first-order valence-electron chi connectivity index (χ1n) is 4.30. The predicted molar refractivity (Wildman–Crippen MR) is 58.1 cm³/mol. The second-order valence-corrected chi connectivity index (χ2v) is 3.98. The molecule has 0 saturated heterocycles. The molecule has 0 N–H and O–H groups in total. The Balaban J connectivity index is 2.78. The molecule has 0 aliphatic heterocycles. The summed E-state index contributed by atoms with van der Waals surface area (Å²) in [6.45, 7) is 2.04. The largest absolute Gasteiger partial charge is 0.268 e. The standard InChI is InChI=1S/C10H12N2S/c1-7(13)10-8-5-3-4-6-9(8)12(2)11-10/h3-7,13H,1-2H3. The second-order valence-electron chi connectivity index (χ2n) is 3.20. The molecule has 1 aromatic carbocycles. The third kappa shape index (κ3) is 1.33. The molecule has 0 saturated carbocycles. The molecule has 13 heavy (non-hydrogen) atoms. The van der Waals surface area contributed by atoms with Crippen LogP contribution in [-0.4, -0.2) is 9.78 Å². The Morgan fingerprint density at radius 3 is 2.77 bits per heavy atom. The highest BCUT2D eigenvalue weighted by atomic mass is 32.1. The number of nitrogens with zero attached hydrogens (tertiary/aromatic N) is 2. The van der Waals surface area contributed by atoms with Gasteiger partial charge in [-0.2, -0.15) is 17.7 Å². The fraction of sp³-hybridized carbons (Fsp3) is 0.300. The Kier molecular flexibility index (Phi) is 2.04. The Morgan fingerprint density at radius 2 is 2.08 bits per heavy atom. The van der Waals surface area contributed by atoms with Crippen LogP contribution in [0.3, 0.4) is 0 Å². The minimum absolute atomic E-state index is 0.186. The van der Waals surface area contributed by atoms with Crippen LogP contribution in [0.2, 0.25) is 0 Å². The van der Waals surface area contributed by atoms with Crippen molar-refractivity contribution in [3.8, 4) is 0 Å². The van der Waals surface area contributed by atoms with Crippen LogP contribution in [0.5, 0.6) is 0 Å². The minimum atomic E-state index is 0.186. The number of para-hydroxylation sites is 1. The molecule has 0 aliphatic rings. The molecule has 0 radical (unpaired) electrons. The van der Waals surface area contributed by atoms with Crippen molar-refractivity contribution in [2.24, 2.45) is 7.05 Å². The van der Waals surface area contributed by atoms with Crippen LogP contribution < -0.4 is 0 Å². The first-order valence-corrected chi connectivity index (χ1v) is 4.81. The van der Waals surface area contributed by atoms with Gasteiger partial charge in [-0.15, -0.1) is 0 Å². The molecule has 1 atom stereocenters. The van der Waals surface area contributed by atoms with Gasteiger partial charge in [0.05, 0.1) is 11.2 Å². The van der Waals surface area contributed by atoms with Crippen molar-refractivity contribution >= 4 is 23.5 Å². The van der Waals surface area contributed by atoms with Gasteiger partial charge in [-0.1, -0.05) is 18.2 Å². The summed E-state index contributed by atoms with van der Waals surface area (Å²) in [6.07, 6.45) is 0. The van der Waals surface area contributed by atoms with Gasteiger partial charge >= 0.3 is 0 Å². The lowest BCUT2D eigenvalue weighted by Gasteiger charge is -1.97. The van der Waals surface area contributed by atoms with E-state index in [-0.39, 0.29) is 5.25 Å². The third-order valence-corrected chi connectivity index (χ3v) is 2.43. The molecule has 0 spiro atoms. The van der Waals surface area contributed by atoms with Gasteiger partial charge in [0.15, 0.2) is 0 Å². The first kappa shape index (κ1) is 8.63. The third-order valence-electron chi connectivity index (χ3n) is 2.18. The van der Waals surface area contributed by atoms with Crippen LogP contribution in [0.4, 0.5) is 0 Å². The highest BCUT2D eigenvalue weighted by Gasteiger charge is 2.10. The maximum Gasteiger partial charge on any atom is 0.0827 e. The Morgan fingerprint density at radius 1 is 1.38 bits per heavy atom. The zero-order valence-corrected chi connectivity index (χ0v) is 8.62. The molecule has 0 aliphatic carbocycles. The van der Waals surface area contributed by atoms with E-state index >= 15 is 0 Å². The van der Waals surface area contributed by atoms with Crippen LogP contribution in [0.25, 0.3) is 10.9 Å². The van der Waals surface area contributed by atoms with Crippen molar-refractivity contribution in [2.45, 2.75) is 12.2 Å². The summed E-state index contributed by atoms with van der Waals surface area (Å²) in [5.74, 6) is 0. The fourth-order valence-electron chi connectivity index (χ4n) is 1.55. The highest BCUT2D eigenvalue weighted by Crippen LogP contribution is 2.25. The SMILES string of the molecule is CC(S)c1nn(C)c2ccccc12. The molecule has 2 rings (SSSR count). The number of rotatable bonds is 1. The normalized spacial score (nSPS) is 13.5. The summed E-state index contributed by atoms with van der Waals surface area (Å²) in [6, 6.07) is 8.22. The van der Waals surface area contributed by atoms with Crippen LogP contribution in [0.1, 0.15) is 17.9 Å². The fourth-order valence-corrected chi connectivity index (χ4v) is 1.74. The summed E-state index contributed by atoms with van der Waals surface area (Å²) < 4.78 is 1.90. The molecular weight excluding hydrogens is 180 g/mol. The van der Waals surface area contributed by atoms with E-state index in [1.54, 1.807) is 0 Å². The van der Waals surface area contributed by atoms with E-state index in [1.807, 2.05) is 30.8 Å². The zero-order valence-electron chi connectivity index (χ0n) is 7.73. The molecule has 2 aromatic rings. The zero-order chi connectivity index (χ0) is 9.42. The van der Waals surface area contributed by atoms with Crippen LogP contribution in [0, 0.1) is 0 Å². The monoisotopic (exact) mass is 192 g/mol. The van der Waals surface area contributed by atoms with Crippen LogP contribution >= 0.6 is 12.6 Å². The summed E-state index contributed by atoms with van der Waals surface area (Å²) in [7, 11) is 1.96. The number of thiol groups is 1. The van der Waals surface area contributed by atoms with Crippen molar-refractivity contribution in [1.82, 2.24) is 9.78 Å². The van der Waals surface area contributed by atoms with Gasteiger partial charge in [0, 0.05) is 17.7 Å². The minimum Gasteiger partial charge on any atom is -0.268 e. The van der Waals surface area contributed by atoms with E-state index in [9.17, 15) is 0 Å². The number of benzene rings is 1. The summed E-state index contributed by atoms with van der Waals surface area (Å²) in [4.78, 5) is 0. The molecular formula is C10H12N2S. The van der Waals surface area contributed by atoms with Crippen LogP contribution in [0.15, 0.2) is 24.3 Å². The summed E-state index contributed by atoms with van der Waals surface area (Å²) in [5, 5.41) is 5.82. The van der Waals surface area contributed by atoms with Gasteiger partial charge in [0.25, 0.3) is 0 Å². The topological polar surface area (TPSA) is 17.8 Å². The molecule has 1 unspecified atom stereocenters. The molecule has 0 bridgehead atoms. The van der Waals surface area contributed by atoms with Crippen LogP contribution in [-0.2, 0) is 7.05 Å². The van der Waals surface area contributed by atoms with Gasteiger partial charge in [-0.05, 0) is 13.0 Å². The van der Waals surface area contributed by atoms with Gasteiger partial charge in [0.1, 0.15) is 0 Å². The summed E-state index contributed by atoms with van der Waals surface area (Å²) >= 11 is 4.40. The maximum absolute atomic E-state index is 4.43. The van der Waals surface area contributed by atoms with Crippen molar-refractivity contribution in [1.29, 1.82) is 0 Å². The molecule has 0 fully saturated rings. The quantitative estimate of drug-likeness (QED) is 0.687. The maximum atomic E-state index is 4.43. The van der Waals surface area contributed by atoms with Crippen molar-refractivity contribution in [2.75, 3.05) is 0 Å². The number of aryl methyl sites for hydroxylation is 1. The Bertz CT molecular complexity index is 431.